The highest BCUT2D eigenvalue weighted by Crippen LogP contribution is 2.33. The Hall–Kier alpha value is -0.250. The number of hydrogen-bond donors (Lipinski definition) is 0. The SMILES string of the molecule is CC(C)CC1CCCC(OC(F)(F)F)C1. The van der Waals surface area contributed by atoms with E-state index in [0.717, 1.165) is 19.3 Å². The summed E-state index contributed by atoms with van der Waals surface area (Å²) in [6.07, 6.45) is -1.04. The summed E-state index contributed by atoms with van der Waals surface area (Å²) in [5, 5.41) is 0. The largest absolute Gasteiger partial charge is 0.522 e. The van der Waals surface area contributed by atoms with Crippen molar-refractivity contribution in [1.82, 2.24) is 0 Å². The summed E-state index contributed by atoms with van der Waals surface area (Å²) in [5.41, 5.74) is 0. The van der Waals surface area contributed by atoms with Crippen LogP contribution in [0.5, 0.6) is 0 Å². The lowest BCUT2D eigenvalue weighted by Gasteiger charge is -2.30. The highest BCUT2D eigenvalue weighted by Gasteiger charge is 2.35. The lowest BCUT2D eigenvalue weighted by atomic mass is 9.82. The molecule has 1 aliphatic carbocycles. The zero-order valence-electron chi connectivity index (χ0n) is 9.31. The molecule has 0 aromatic carbocycles. The molecule has 0 aromatic heterocycles. The van der Waals surface area contributed by atoms with Crippen LogP contribution in [-0.2, 0) is 4.74 Å². The Balaban J connectivity index is 2.35. The number of alkyl halides is 3. The Labute approximate surface area is 89.0 Å². The molecule has 0 heterocycles. The number of rotatable bonds is 3. The molecule has 0 N–H and O–H groups in total. The Morgan fingerprint density at radius 1 is 1.27 bits per heavy atom. The van der Waals surface area contributed by atoms with Gasteiger partial charge in [-0.1, -0.05) is 26.7 Å². The first-order chi connectivity index (χ1) is 6.87. The molecule has 2 atom stereocenters. The summed E-state index contributed by atoms with van der Waals surface area (Å²) in [5.74, 6) is 0.964. The topological polar surface area (TPSA) is 9.23 Å². The minimum Gasteiger partial charge on any atom is -0.289 e. The fourth-order valence-electron chi connectivity index (χ4n) is 2.42. The van der Waals surface area contributed by atoms with Gasteiger partial charge in [-0.05, 0) is 31.1 Å². The van der Waals surface area contributed by atoms with Crippen molar-refractivity contribution in [2.75, 3.05) is 0 Å². The second-order valence-electron chi connectivity index (χ2n) is 4.85. The molecule has 90 valence electrons. The predicted octanol–water partition coefficient (Wildman–Crippen LogP) is 4.13. The van der Waals surface area contributed by atoms with Gasteiger partial charge in [-0.15, -0.1) is 13.2 Å². The molecular formula is C11H19F3O. The van der Waals surface area contributed by atoms with Crippen LogP contribution < -0.4 is 0 Å². The monoisotopic (exact) mass is 224 g/mol. The molecule has 0 aliphatic heterocycles. The number of hydrogen-bond acceptors (Lipinski definition) is 1. The molecule has 0 radical (unpaired) electrons. The molecule has 0 bridgehead atoms. The van der Waals surface area contributed by atoms with Crippen LogP contribution in [0.3, 0.4) is 0 Å². The van der Waals surface area contributed by atoms with Gasteiger partial charge in [-0.3, -0.25) is 4.74 Å². The molecule has 1 saturated carbocycles. The average Bonchev–Trinajstić information content (AvgIpc) is 1.99. The van der Waals surface area contributed by atoms with E-state index < -0.39 is 12.5 Å². The Morgan fingerprint density at radius 3 is 2.47 bits per heavy atom. The summed E-state index contributed by atoms with van der Waals surface area (Å²) < 4.78 is 40.1. The van der Waals surface area contributed by atoms with E-state index in [4.69, 9.17) is 0 Å². The number of ether oxygens (including phenoxy) is 1. The van der Waals surface area contributed by atoms with Crippen molar-refractivity contribution in [3.8, 4) is 0 Å². The first-order valence-electron chi connectivity index (χ1n) is 5.61. The van der Waals surface area contributed by atoms with Crippen molar-refractivity contribution < 1.29 is 17.9 Å². The van der Waals surface area contributed by atoms with Crippen molar-refractivity contribution in [3.63, 3.8) is 0 Å². The highest BCUT2D eigenvalue weighted by molar-refractivity contribution is 4.74. The molecule has 0 aromatic rings. The van der Waals surface area contributed by atoms with Gasteiger partial charge in [0, 0.05) is 0 Å². The zero-order chi connectivity index (χ0) is 11.5. The third kappa shape index (κ3) is 5.40. The average molecular weight is 224 g/mol. The van der Waals surface area contributed by atoms with Crippen LogP contribution in [0, 0.1) is 11.8 Å². The van der Waals surface area contributed by atoms with Gasteiger partial charge < -0.3 is 0 Å². The third-order valence-electron chi connectivity index (χ3n) is 2.84. The van der Waals surface area contributed by atoms with Gasteiger partial charge in [-0.25, -0.2) is 0 Å². The van der Waals surface area contributed by atoms with Crippen molar-refractivity contribution in [2.45, 2.75) is 58.4 Å². The van der Waals surface area contributed by atoms with Crippen molar-refractivity contribution in [1.29, 1.82) is 0 Å². The minimum absolute atomic E-state index is 0.408. The zero-order valence-corrected chi connectivity index (χ0v) is 9.31. The third-order valence-corrected chi connectivity index (χ3v) is 2.84. The first-order valence-corrected chi connectivity index (χ1v) is 5.61. The maximum Gasteiger partial charge on any atom is 0.522 e. The molecular weight excluding hydrogens is 205 g/mol. The van der Waals surface area contributed by atoms with E-state index in [1.165, 1.54) is 0 Å². The van der Waals surface area contributed by atoms with Gasteiger partial charge in [0.1, 0.15) is 0 Å². The van der Waals surface area contributed by atoms with Gasteiger partial charge in [0.25, 0.3) is 0 Å². The molecule has 0 saturated heterocycles. The lowest BCUT2D eigenvalue weighted by Crippen LogP contribution is -2.29. The summed E-state index contributed by atoms with van der Waals surface area (Å²) >= 11 is 0. The second kappa shape index (κ2) is 5.19. The van der Waals surface area contributed by atoms with E-state index in [9.17, 15) is 13.2 Å². The molecule has 15 heavy (non-hydrogen) atoms. The predicted molar refractivity (Wildman–Crippen MR) is 52.3 cm³/mol. The molecule has 1 aliphatic rings. The smallest absolute Gasteiger partial charge is 0.289 e. The summed E-state index contributed by atoms with van der Waals surface area (Å²) in [4.78, 5) is 0. The molecule has 1 rings (SSSR count). The van der Waals surface area contributed by atoms with Gasteiger partial charge in [0.05, 0.1) is 6.10 Å². The second-order valence-corrected chi connectivity index (χ2v) is 4.85. The normalized spacial score (nSPS) is 28.4. The van der Waals surface area contributed by atoms with Crippen LogP contribution in [-0.4, -0.2) is 12.5 Å². The standard InChI is InChI=1S/C11H19F3O/c1-8(2)6-9-4-3-5-10(7-9)15-11(12,13)14/h8-10H,3-7H2,1-2H3. The Morgan fingerprint density at radius 2 is 1.93 bits per heavy atom. The van der Waals surface area contributed by atoms with Crippen molar-refractivity contribution >= 4 is 0 Å². The molecule has 1 nitrogen and oxygen atoms in total. The molecule has 4 heteroatoms. The van der Waals surface area contributed by atoms with E-state index in [1.807, 2.05) is 0 Å². The Kier molecular flexibility index (Phi) is 4.44. The molecule has 0 amide bonds. The van der Waals surface area contributed by atoms with Crippen LogP contribution in [0.2, 0.25) is 0 Å². The van der Waals surface area contributed by atoms with Gasteiger partial charge in [0.15, 0.2) is 0 Å². The number of halogens is 3. The van der Waals surface area contributed by atoms with Crippen LogP contribution in [0.4, 0.5) is 13.2 Å². The van der Waals surface area contributed by atoms with E-state index in [2.05, 4.69) is 18.6 Å². The van der Waals surface area contributed by atoms with E-state index in [-0.39, 0.29) is 0 Å². The summed E-state index contributed by atoms with van der Waals surface area (Å²) in [6.45, 7) is 4.21. The van der Waals surface area contributed by atoms with Gasteiger partial charge in [-0.2, -0.15) is 0 Å². The minimum atomic E-state index is -4.47. The molecule has 0 spiro atoms. The van der Waals surface area contributed by atoms with E-state index >= 15 is 0 Å². The van der Waals surface area contributed by atoms with E-state index in [1.54, 1.807) is 0 Å². The maximum atomic E-state index is 12.0. The summed E-state index contributed by atoms with van der Waals surface area (Å²) in [6, 6.07) is 0. The van der Waals surface area contributed by atoms with Gasteiger partial charge in [0.2, 0.25) is 0 Å². The quantitative estimate of drug-likeness (QED) is 0.700. The van der Waals surface area contributed by atoms with Crippen LogP contribution >= 0.6 is 0 Å². The van der Waals surface area contributed by atoms with Crippen molar-refractivity contribution in [3.05, 3.63) is 0 Å². The highest BCUT2D eigenvalue weighted by atomic mass is 19.4. The maximum absolute atomic E-state index is 12.0. The van der Waals surface area contributed by atoms with Crippen LogP contribution in [0.15, 0.2) is 0 Å². The lowest BCUT2D eigenvalue weighted by molar-refractivity contribution is -0.346. The van der Waals surface area contributed by atoms with Crippen LogP contribution in [0.25, 0.3) is 0 Å². The van der Waals surface area contributed by atoms with E-state index in [0.29, 0.717) is 24.7 Å². The Bertz CT molecular complexity index is 189. The molecule has 1 fully saturated rings. The van der Waals surface area contributed by atoms with Crippen LogP contribution in [0.1, 0.15) is 46.0 Å². The first kappa shape index (κ1) is 12.8. The molecule has 2 unspecified atom stereocenters. The summed E-state index contributed by atoms with van der Waals surface area (Å²) in [7, 11) is 0. The fourth-order valence-corrected chi connectivity index (χ4v) is 2.42. The fraction of sp³-hybridized carbons (Fsp3) is 1.00. The van der Waals surface area contributed by atoms with Crippen molar-refractivity contribution in [2.24, 2.45) is 11.8 Å². The van der Waals surface area contributed by atoms with Gasteiger partial charge >= 0.3 is 6.36 Å².